The van der Waals surface area contributed by atoms with Crippen molar-refractivity contribution >= 4 is 0 Å². The molecule has 0 saturated carbocycles. The maximum absolute atomic E-state index is 11.2. The van der Waals surface area contributed by atoms with Gasteiger partial charge in [-0.15, -0.1) is 0 Å². The molecular formula is C21H40O4. The maximum Gasteiger partial charge on any atom is 0.0625 e. The largest absolute Gasteiger partial charge is 0.392 e. The Morgan fingerprint density at radius 3 is 2.00 bits per heavy atom. The van der Waals surface area contributed by atoms with Crippen LogP contribution in [0.3, 0.4) is 0 Å². The van der Waals surface area contributed by atoms with Gasteiger partial charge >= 0.3 is 0 Å². The molecule has 0 aromatic rings. The van der Waals surface area contributed by atoms with Crippen LogP contribution in [0.25, 0.3) is 0 Å². The first-order chi connectivity index (χ1) is 12.0. The number of ether oxygens (including phenoxy) is 3. The summed E-state index contributed by atoms with van der Waals surface area (Å²) in [5, 5.41) is 11.2. The summed E-state index contributed by atoms with van der Waals surface area (Å²) in [4.78, 5) is 0. The van der Waals surface area contributed by atoms with Crippen LogP contribution < -0.4 is 0 Å². The van der Waals surface area contributed by atoms with Gasteiger partial charge in [0.1, 0.15) is 0 Å². The molecule has 0 spiro atoms. The van der Waals surface area contributed by atoms with E-state index in [9.17, 15) is 5.11 Å². The Morgan fingerprint density at radius 1 is 1.00 bits per heavy atom. The molecule has 2 saturated heterocycles. The van der Waals surface area contributed by atoms with E-state index in [1.165, 1.54) is 0 Å². The molecule has 0 bridgehead atoms. The summed E-state index contributed by atoms with van der Waals surface area (Å²) >= 11 is 0. The van der Waals surface area contributed by atoms with Crippen molar-refractivity contribution in [3.63, 3.8) is 0 Å². The first-order valence-corrected chi connectivity index (χ1v) is 10.4. The van der Waals surface area contributed by atoms with Crippen LogP contribution in [0.1, 0.15) is 72.6 Å². The normalized spacial score (nSPS) is 24.8. The summed E-state index contributed by atoms with van der Waals surface area (Å²) < 4.78 is 17.1. The Hall–Kier alpha value is -0.160. The molecular weight excluding hydrogens is 316 g/mol. The highest BCUT2D eigenvalue weighted by molar-refractivity contribution is 4.94. The van der Waals surface area contributed by atoms with Gasteiger partial charge in [0, 0.05) is 16.2 Å². The molecule has 4 heteroatoms. The van der Waals surface area contributed by atoms with Gasteiger partial charge in [-0.2, -0.15) is 0 Å². The van der Waals surface area contributed by atoms with E-state index in [1.54, 1.807) is 0 Å². The Bertz CT molecular complexity index is 378. The lowest BCUT2D eigenvalue weighted by Crippen LogP contribution is -2.50. The fourth-order valence-corrected chi connectivity index (χ4v) is 4.11. The lowest BCUT2D eigenvalue weighted by molar-refractivity contribution is -0.176. The molecule has 148 valence electrons. The van der Waals surface area contributed by atoms with Crippen molar-refractivity contribution in [2.24, 2.45) is 16.2 Å². The summed E-state index contributed by atoms with van der Waals surface area (Å²) in [7, 11) is 0. The van der Waals surface area contributed by atoms with Gasteiger partial charge in [0.25, 0.3) is 0 Å². The fraction of sp³-hybridized carbons (Fsp3) is 1.00. The Kier molecular flexibility index (Phi) is 7.75. The highest BCUT2D eigenvalue weighted by Gasteiger charge is 2.45. The predicted octanol–water partition coefficient (Wildman–Crippen LogP) is 4.19. The Morgan fingerprint density at radius 2 is 1.60 bits per heavy atom. The van der Waals surface area contributed by atoms with E-state index in [0.29, 0.717) is 6.61 Å². The summed E-state index contributed by atoms with van der Waals surface area (Å²) in [6.45, 7) is 13.5. The Balaban J connectivity index is 1.98. The smallest absolute Gasteiger partial charge is 0.0625 e. The minimum atomic E-state index is -0.317. The number of aliphatic hydroxyl groups excluding tert-OH is 1. The van der Waals surface area contributed by atoms with Crippen molar-refractivity contribution in [1.29, 1.82) is 0 Å². The molecule has 0 aromatic carbocycles. The van der Waals surface area contributed by atoms with Gasteiger partial charge in [-0.1, -0.05) is 40.5 Å². The first-order valence-electron chi connectivity index (χ1n) is 10.4. The van der Waals surface area contributed by atoms with Crippen LogP contribution in [0.4, 0.5) is 0 Å². The Labute approximate surface area is 154 Å². The van der Waals surface area contributed by atoms with Crippen LogP contribution in [-0.4, -0.2) is 50.9 Å². The van der Waals surface area contributed by atoms with Crippen LogP contribution in [-0.2, 0) is 14.2 Å². The maximum atomic E-state index is 11.2. The molecule has 2 atom stereocenters. The second-order valence-corrected chi connectivity index (χ2v) is 8.72. The van der Waals surface area contributed by atoms with Gasteiger partial charge in [0.2, 0.25) is 0 Å². The topological polar surface area (TPSA) is 47.9 Å². The highest BCUT2D eigenvalue weighted by Crippen LogP contribution is 2.44. The second kappa shape index (κ2) is 9.16. The summed E-state index contributed by atoms with van der Waals surface area (Å²) in [5.41, 5.74) is 0.257. The van der Waals surface area contributed by atoms with Crippen LogP contribution in [0.5, 0.6) is 0 Å². The highest BCUT2D eigenvalue weighted by atomic mass is 16.5. The van der Waals surface area contributed by atoms with E-state index in [4.69, 9.17) is 14.2 Å². The van der Waals surface area contributed by atoms with Gasteiger partial charge in [-0.05, 0) is 32.1 Å². The lowest BCUT2D eigenvalue weighted by Gasteiger charge is -2.47. The fourth-order valence-electron chi connectivity index (χ4n) is 4.11. The molecule has 25 heavy (non-hydrogen) atoms. The third-order valence-corrected chi connectivity index (χ3v) is 7.00. The molecule has 2 aliphatic heterocycles. The van der Waals surface area contributed by atoms with E-state index < -0.39 is 0 Å². The summed E-state index contributed by atoms with van der Waals surface area (Å²) in [6, 6.07) is 0. The van der Waals surface area contributed by atoms with Crippen molar-refractivity contribution in [3.05, 3.63) is 0 Å². The van der Waals surface area contributed by atoms with E-state index in [-0.39, 0.29) is 22.3 Å². The molecule has 2 fully saturated rings. The number of hydrogen-bond donors (Lipinski definition) is 1. The zero-order valence-electron chi connectivity index (χ0n) is 16.9. The average Bonchev–Trinajstić information content (AvgIpc) is 2.56. The van der Waals surface area contributed by atoms with E-state index in [1.807, 2.05) is 0 Å². The SMILES string of the molecule is CCCCC(CC)(COCC1(CC)COC1)C(O)CC1(CC)COC1. The number of rotatable bonds is 13. The van der Waals surface area contributed by atoms with Crippen molar-refractivity contribution in [3.8, 4) is 0 Å². The molecule has 0 aliphatic carbocycles. The zero-order valence-corrected chi connectivity index (χ0v) is 16.9. The molecule has 0 radical (unpaired) electrons. The van der Waals surface area contributed by atoms with Crippen molar-refractivity contribution in [1.82, 2.24) is 0 Å². The van der Waals surface area contributed by atoms with Crippen LogP contribution in [0, 0.1) is 16.2 Å². The minimum Gasteiger partial charge on any atom is -0.392 e. The summed E-state index contributed by atoms with van der Waals surface area (Å²) in [6.07, 6.45) is 7.00. The van der Waals surface area contributed by atoms with Gasteiger partial charge in [-0.3, -0.25) is 0 Å². The van der Waals surface area contributed by atoms with E-state index in [0.717, 1.165) is 78.0 Å². The minimum absolute atomic E-state index is 0.132. The van der Waals surface area contributed by atoms with Crippen molar-refractivity contribution in [2.75, 3.05) is 39.6 Å². The van der Waals surface area contributed by atoms with Crippen LogP contribution in [0.2, 0.25) is 0 Å². The van der Waals surface area contributed by atoms with Crippen LogP contribution >= 0.6 is 0 Å². The number of aliphatic hydroxyl groups is 1. The molecule has 1 N–H and O–H groups in total. The number of hydrogen-bond acceptors (Lipinski definition) is 4. The monoisotopic (exact) mass is 356 g/mol. The van der Waals surface area contributed by atoms with Gasteiger partial charge in [-0.25, -0.2) is 0 Å². The van der Waals surface area contributed by atoms with E-state index >= 15 is 0 Å². The molecule has 2 aliphatic rings. The van der Waals surface area contributed by atoms with Gasteiger partial charge in [0.15, 0.2) is 0 Å². The van der Waals surface area contributed by atoms with Crippen molar-refractivity contribution < 1.29 is 19.3 Å². The number of unbranched alkanes of at least 4 members (excludes halogenated alkanes) is 1. The van der Waals surface area contributed by atoms with Gasteiger partial charge < -0.3 is 19.3 Å². The van der Waals surface area contributed by atoms with Crippen molar-refractivity contribution in [2.45, 2.75) is 78.7 Å². The van der Waals surface area contributed by atoms with Crippen LogP contribution in [0.15, 0.2) is 0 Å². The van der Waals surface area contributed by atoms with E-state index in [2.05, 4.69) is 27.7 Å². The lowest BCUT2D eigenvalue weighted by atomic mass is 9.68. The molecule has 4 nitrogen and oxygen atoms in total. The standard InChI is InChI=1S/C21H40O4/c1-5-9-10-21(8-4,17-25-16-20(7-3)14-24-15-20)18(22)11-19(6-2)12-23-13-19/h18,22H,5-17H2,1-4H3. The molecule has 0 aromatic heterocycles. The third kappa shape index (κ3) is 4.77. The average molecular weight is 357 g/mol. The first kappa shape index (κ1) is 21.1. The van der Waals surface area contributed by atoms with Gasteiger partial charge in [0.05, 0.1) is 45.7 Å². The predicted molar refractivity (Wildman–Crippen MR) is 101 cm³/mol. The zero-order chi connectivity index (χ0) is 18.4. The molecule has 2 unspecified atom stereocenters. The second-order valence-electron chi connectivity index (χ2n) is 8.72. The summed E-state index contributed by atoms with van der Waals surface area (Å²) in [5.74, 6) is 0. The molecule has 2 heterocycles. The molecule has 2 rings (SSSR count). The molecule has 0 amide bonds. The quantitative estimate of drug-likeness (QED) is 0.537. The third-order valence-electron chi connectivity index (χ3n) is 7.00.